The Morgan fingerprint density at radius 1 is 0.611 bits per heavy atom. The van der Waals surface area contributed by atoms with E-state index >= 15 is 0 Å². The fourth-order valence-corrected chi connectivity index (χ4v) is 10.4. The number of carbonyl (C=O) groups excluding carboxylic acids is 2. The van der Waals surface area contributed by atoms with Gasteiger partial charge >= 0.3 is 0 Å². The molecule has 4 aliphatic heterocycles. The summed E-state index contributed by atoms with van der Waals surface area (Å²) < 4.78 is 29.6. The van der Waals surface area contributed by atoms with Gasteiger partial charge in [0.1, 0.15) is 72.7 Å². The first kappa shape index (κ1) is 51.5. The van der Waals surface area contributed by atoms with Crippen molar-refractivity contribution in [3.05, 3.63) is 113 Å². The quantitative estimate of drug-likeness (QED) is 0.0538. The summed E-state index contributed by atoms with van der Waals surface area (Å²) in [5.41, 5.74) is 9.60. The Kier molecular flexibility index (Phi) is 15.7. The van der Waals surface area contributed by atoms with Crippen molar-refractivity contribution in [2.75, 3.05) is 61.0 Å². The van der Waals surface area contributed by atoms with Gasteiger partial charge in [0.2, 0.25) is 12.6 Å². The Hall–Kier alpha value is -5.42. The molecule has 5 aromatic rings. The third-order valence-electron chi connectivity index (χ3n) is 13.6. The largest absolute Gasteiger partial charge is 0.492 e. The average Bonchev–Trinajstić information content (AvgIpc) is 3.98. The van der Waals surface area contributed by atoms with E-state index in [1.807, 2.05) is 24.3 Å². The molecule has 72 heavy (non-hydrogen) atoms. The van der Waals surface area contributed by atoms with E-state index in [-0.39, 0.29) is 67.2 Å². The third kappa shape index (κ3) is 9.76. The van der Waals surface area contributed by atoms with Crippen molar-refractivity contribution in [3.63, 3.8) is 0 Å². The highest BCUT2D eigenvalue weighted by Crippen LogP contribution is 2.48. The van der Waals surface area contributed by atoms with E-state index < -0.39 is 80.5 Å². The van der Waals surface area contributed by atoms with Gasteiger partial charge in [-0.2, -0.15) is 0 Å². The number of aliphatic hydroxyl groups is 8. The first-order valence-electron chi connectivity index (χ1n) is 23.4. The fraction of sp³-hybridized carbons (Fsp3) is 0.385. The summed E-state index contributed by atoms with van der Waals surface area (Å²) in [6, 6.07) is 23.1. The van der Waals surface area contributed by atoms with Crippen LogP contribution in [-0.4, -0.2) is 165 Å². The number of hydrogen-bond donors (Lipinski definition) is 9. The normalized spacial score (nSPS) is 28.3. The number of ether oxygens (including phenoxy) is 5. The van der Waals surface area contributed by atoms with Gasteiger partial charge in [-0.05, 0) is 45.7 Å². The maximum atomic E-state index is 14.2. The van der Waals surface area contributed by atoms with Crippen LogP contribution in [0.5, 0.6) is 17.2 Å². The van der Waals surface area contributed by atoms with E-state index in [4.69, 9.17) is 52.6 Å². The van der Waals surface area contributed by atoms with Gasteiger partial charge in [0.05, 0.1) is 24.6 Å². The highest BCUT2D eigenvalue weighted by atomic mass is 35.5. The van der Waals surface area contributed by atoms with Crippen LogP contribution in [0, 0.1) is 0 Å². The lowest BCUT2D eigenvalue weighted by Crippen LogP contribution is -2.60. The number of anilines is 2. The number of halogens is 2. The Morgan fingerprint density at radius 2 is 1.07 bits per heavy atom. The van der Waals surface area contributed by atoms with Crippen LogP contribution < -0.4 is 29.7 Å². The zero-order valence-electron chi connectivity index (χ0n) is 38.6. The number of nitrogens with zero attached hydrogens (tertiary/aromatic N) is 2. The number of rotatable bonds is 15. The van der Waals surface area contributed by atoms with Gasteiger partial charge < -0.3 is 80.1 Å². The summed E-state index contributed by atoms with van der Waals surface area (Å²) in [6.07, 6.45) is -9.08. The van der Waals surface area contributed by atoms with E-state index in [2.05, 4.69) is 0 Å². The standard InChI is InChI=1S/C52H55Cl2N3O15/c53-20-28-22-56(34-18-37(30-5-1-3-7-32(30)43(28)34)69-51-49(66)47(64)45(62)39(24-58)71-51)41(60)13-10-26-9-11-27(36(17-26)68-16-15-55)12-14-42(61)57-23-29(21-54)44-33-8-4-2-6-31(33)38(19-35(44)57)70-52-50(67)48(65)46(63)40(25-59)72-52/h1-14,17-19,28-29,39-40,45-52,58-59,62-67H,15-16,20-25,55H2/b13-10+,14-12+/t28?,29-,39-,40-,45+,46+,47+,48+,49-,50-,51-,52-/m1/s1. The number of fused-ring (bicyclic) bond motifs is 6. The highest BCUT2D eigenvalue weighted by molar-refractivity contribution is 6.20. The lowest BCUT2D eigenvalue weighted by atomic mass is 9.95. The molecule has 0 aromatic heterocycles. The predicted molar refractivity (Wildman–Crippen MR) is 267 cm³/mol. The summed E-state index contributed by atoms with van der Waals surface area (Å²) >= 11 is 13.0. The summed E-state index contributed by atoms with van der Waals surface area (Å²) in [5.74, 6) is -0.0665. The Morgan fingerprint density at radius 3 is 1.51 bits per heavy atom. The van der Waals surface area contributed by atoms with E-state index in [9.17, 15) is 50.4 Å². The maximum Gasteiger partial charge on any atom is 0.251 e. The number of hydrogen-bond acceptors (Lipinski definition) is 16. The van der Waals surface area contributed by atoms with E-state index in [0.717, 1.165) is 21.9 Å². The minimum Gasteiger partial charge on any atom is -0.492 e. The van der Waals surface area contributed by atoms with Gasteiger partial charge in [0.15, 0.2) is 0 Å². The number of carbonyl (C=O) groups is 2. The Labute approximate surface area is 423 Å². The van der Waals surface area contributed by atoms with Gasteiger partial charge in [-0.1, -0.05) is 60.7 Å². The monoisotopic (exact) mass is 1030 g/mol. The first-order valence-corrected chi connectivity index (χ1v) is 24.5. The molecule has 20 heteroatoms. The van der Waals surface area contributed by atoms with Crippen molar-refractivity contribution >= 4 is 80.1 Å². The van der Waals surface area contributed by atoms with Crippen LogP contribution in [0.4, 0.5) is 11.4 Å². The van der Waals surface area contributed by atoms with Gasteiger partial charge in [0.25, 0.3) is 11.8 Å². The molecule has 2 saturated heterocycles. The van der Waals surface area contributed by atoms with Crippen LogP contribution in [0.2, 0.25) is 0 Å². The second-order valence-corrected chi connectivity index (χ2v) is 18.7. The number of benzene rings is 5. The molecule has 12 atom stereocenters. The molecule has 0 radical (unpaired) electrons. The van der Waals surface area contributed by atoms with Gasteiger partial charge in [-0.3, -0.25) is 9.59 Å². The summed E-state index contributed by atoms with van der Waals surface area (Å²) in [7, 11) is 0. The van der Waals surface area contributed by atoms with Crippen molar-refractivity contribution in [2.24, 2.45) is 5.73 Å². The first-order chi connectivity index (χ1) is 34.8. The van der Waals surface area contributed by atoms with Crippen molar-refractivity contribution < 1.29 is 74.1 Å². The molecule has 1 unspecified atom stereocenters. The Balaban J connectivity index is 0.965. The van der Waals surface area contributed by atoms with Gasteiger partial charge in [-0.15, -0.1) is 23.2 Å². The van der Waals surface area contributed by atoms with Crippen LogP contribution in [0.3, 0.4) is 0 Å². The maximum absolute atomic E-state index is 14.2. The van der Waals surface area contributed by atoms with Crippen LogP contribution in [0.1, 0.15) is 34.1 Å². The lowest BCUT2D eigenvalue weighted by molar-refractivity contribution is -0.277. The third-order valence-corrected chi connectivity index (χ3v) is 14.3. The summed E-state index contributed by atoms with van der Waals surface area (Å²) in [4.78, 5) is 31.5. The molecule has 9 rings (SSSR count). The van der Waals surface area contributed by atoms with Crippen molar-refractivity contribution in [2.45, 2.75) is 73.2 Å². The van der Waals surface area contributed by atoms with Crippen LogP contribution >= 0.6 is 23.2 Å². The number of aliphatic hydroxyl groups excluding tert-OH is 8. The molecule has 0 spiro atoms. The van der Waals surface area contributed by atoms with E-state index in [1.165, 1.54) is 12.2 Å². The van der Waals surface area contributed by atoms with E-state index in [0.29, 0.717) is 39.0 Å². The molecule has 5 aromatic carbocycles. The molecule has 18 nitrogen and oxygen atoms in total. The van der Waals surface area contributed by atoms with Crippen molar-refractivity contribution in [3.8, 4) is 17.2 Å². The second-order valence-electron chi connectivity index (χ2n) is 18.0. The van der Waals surface area contributed by atoms with Crippen LogP contribution in [0.25, 0.3) is 33.7 Å². The molecule has 4 aliphatic rings. The molecule has 0 saturated carbocycles. The predicted octanol–water partition coefficient (Wildman–Crippen LogP) is 2.45. The SMILES string of the molecule is NCCOc1cc(/C=C/C(=O)N2CC(CCl)c3c2cc(O[C@@H]2O[C@H](CO)[C@H](O)[C@H](O)[C@H]2O)c2ccccc32)ccc1/C=C/C(=O)N1C[C@@H](CCl)c2c1cc(O[C@@H]1O[C@H](CO)[C@H](O)[C@H](O)[C@H]1O)c1ccccc21. The van der Waals surface area contributed by atoms with Crippen LogP contribution in [0.15, 0.2) is 91.0 Å². The van der Waals surface area contributed by atoms with Crippen LogP contribution in [-0.2, 0) is 19.1 Å². The molecule has 0 aliphatic carbocycles. The van der Waals surface area contributed by atoms with Crippen molar-refractivity contribution in [1.29, 1.82) is 0 Å². The Bertz CT molecular complexity index is 2870. The summed E-state index contributed by atoms with van der Waals surface area (Å²) in [5, 5.41) is 85.4. The molecule has 2 amide bonds. The number of nitrogens with two attached hydrogens (primary N) is 1. The number of amides is 2. The molecule has 0 bridgehead atoms. The molecule has 4 heterocycles. The molecule has 10 N–H and O–H groups in total. The molecular weight excluding hydrogens is 977 g/mol. The topological polar surface area (TPSA) is 275 Å². The smallest absolute Gasteiger partial charge is 0.251 e. The van der Waals surface area contributed by atoms with Gasteiger partial charge in [0, 0.05) is 83.9 Å². The number of alkyl halides is 2. The highest BCUT2D eigenvalue weighted by Gasteiger charge is 2.47. The van der Waals surface area contributed by atoms with Gasteiger partial charge in [-0.25, -0.2) is 0 Å². The second kappa shape index (κ2) is 22.0. The molecule has 382 valence electrons. The lowest BCUT2D eigenvalue weighted by Gasteiger charge is -2.39. The fourth-order valence-electron chi connectivity index (χ4n) is 9.86. The minimum atomic E-state index is -1.66. The molecular formula is C52H55Cl2N3O15. The average molecular weight is 1030 g/mol. The van der Waals surface area contributed by atoms with E-state index in [1.54, 1.807) is 76.5 Å². The summed E-state index contributed by atoms with van der Waals surface area (Å²) in [6.45, 7) is -0.451. The zero-order chi connectivity index (χ0) is 51.0. The minimum absolute atomic E-state index is 0.147. The zero-order valence-corrected chi connectivity index (χ0v) is 40.1. The molecule has 2 fully saturated rings. The van der Waals surface area contributed by atoms with Crippen molar-refractivity contribution in [1.82, 2.24) is 0 Å².